The van der Waals surface area contributed by atoms with Crippen LogP contribution in [-0.2, 0) is 0 Å². The number of hydrogen-bond donors (Lipinski definition) is 2. The number of pyridine rings is 1. The second kappa shape index (κ2) is 8.24. The first-order valence-corrected chi connectivity index (χ1v) is 10.0. The number of anilines is 2. The summed E-state index contributed by atoms with van der Waals surface area (Å²) in [5.41, 5.74) is 2.77. The lowest BCUT2D eigenvalue weighted by Gasteiger charge is -2.10. The van der Waals surface area contributed by atoms with E-state index in [0.717, 1.165) is 16.5 Å². The quantitative estimate of drug-likeness (QED) is 0.364. The summed E-state index contributed by atoms with van der Waals surface area (Å²) >= 11 is 5.78. The molecule has 0 aliphatic rings. The Labute approximate surface area is 187 Å². The smallest absolute Gasteiger partial charge is 0.163 e. The monoisotopic (exact) mass is 446 g/mol. The molecule has 0 radical (unpaired) electrons. The average Bonchev–Trinajstić information content (AvgIpc) is 3.29. The predicted octanol–water partition coefficient (Wildman–Crippen LogP) is 5.63. The fourth-order valence-corrected chi connectivity index (χ4v) is 3.39. The molecule has 2 aromatic carbocycles. The molecular weight excluding hydrogens is 431 g/mol. The van der Waals surface area contributed by atoms with Gasteiger partial charge in [0.2, 0.25) is 0 Å². The highest BCUT2D eigenvalue weighted by atomic mass is 35.5. The second-order valence-corrected chi connectivity index (χ2v) is 7.35. The molecule has 0 saturated heterocycles. The van der Waals surface area contributed by atoms with E-state index >= 15 is 0 Å². The highest BCUT2D eigenvalue weighted by Crippen LogP contribution is 2.31. The zero-order valence-electron chi connectivity index (χ0n) is 16.8. The number of nitrogens with zero attached hydrogens (tertiary/aromatic N) is 4. The number of halogens is 2. The molecule has 0 aliphatic carbocycles. The van der Waals surface area contributed by atoms with Crippen molar-refractivity contribution in [3.8, 4) is 28.4 Å². The lowest BCUT2D eigenvalue weighted by molar-refractivity contribution is 0.415. The lowest BCUT2D eigenvalue weighted by atomic mass is 10.1. The van der Waals surface area contributed by atoms with E-state index in [4.69, 9.17) is 21.3 Å². The lowest BCUT2D eigenvalue weighted by Crippen LogP contribution is -2.00. The number of benzene rings is 2. The summed E-state index contributed by atoms with van der Waals surface area (Å²) in [6, 6.07) is 15.6. The third-order valence-electron chi connectivity index (χ3n) is 4.88. The van der Waals surface area contributed by atoms with Crippen LogP contribution in [0.4, 0.5) is 16.0 Å². The summed E-state index contributed by atoms with van der Waals surface area (Å²) in [7, 11) is 1.60. The molecule has 32 heavy (non-hydrogen) atoms. The summed E-state index contributed by atoms with van der Waals surface area (Å²) in [6.07, 6.45) is 3.40. The van der Waals surface area contributed by atoms with Crippen LogP contribution in [0.15, 0.2) is 67.0 Å². The van der Waals surface area contributed by atoms with Gasteiger partial charge in [-0.2, -0.15) is 5.10 Å². The minimum Gasteiger partial charge on any atom is -0.497 e. The Bertz CT molecular complexity index is 1420. The number of ether oxygens (including phenoxy) is 1. The molecule has 9 heteroatoms. The molecule has 3 aromatic heterocycles. The molecule has 0 bridgehead atoms. The fraction of sp³-hybridized carbons (Fsp3) is 0.0435. The predicted molar refractivity (Wildman–Crippen MR) is 122 cm³/mol. The van der Waals surface area contributed by atoms with Crippen molar-refractivity contribution >= 4 is 34.1 Å². The summed E-state index contributed by atoms with van der Waals surface area (Å²) in [4.78, 5) is 13.5. The van der Waals surface area contributed by atoms with E-state index in [-0.39, 0.29) is 5.02 Å². The first-order valence-electron chi connectivity index (χ1n) is 9.65. The number of hydrogen-bond acceptors (Lipinski definition) is 6. The van der Waals surface area contributed by atoms with Gasteiger partial charge in [0.25, 0.3) is 0 Å². The Kier molecular flexibility index (Phi) is 5.12. The van der Waals surface area contributed by atoms with E-state index < -0.39 is 5.82 Å². The standard InChI is InChI=1S/C23H16ClFN6O/c1-32-15-5-7-19-16(10-15)23(29-22(27-19)14-3-2-8-26-12-14)28-21-11-20(30-31-21)13-4-6-17(24)18(25)9-13/h2-12H,1H3,(H2,27,28,29,30,31). The average molecular weight is 447 g/mol. The number of methoxy groups -OCH3 is 1. The Morgan fingerprint density at radius 3 is 2.72 bits per heavy atom. The summed E-state index contributed by atoms with van der Waals surface area (Å²) < 4.78 is 19.2. The van der Waals surface area contributed by atoms with Gasteiger partial charge in [-0.25, -0.2) is 14.4 Å². The van der Waals surface area contributed by atoms with Crippen LogP contribution in [0.2, 0.25) is 5.02 Å². The Balaban J connectivity index is 1.57. The van der Waals surface area contributed by atoms with Gasteiger partial charge in [-0.3, -0.25) is 10.1 Å². The normalized spacial score (nSPS) is 11.0. The zero-order chi connectivity index (χ0) is 22.1. The molecule has 3 heterocycles. The van der Waals surface area contributed by atoms with Gasteiger partial charge in [-0.05, 0) is 42.5 Å². The molecule has 0 aliphatic heterocycles. The van der Waals surface area contributed by atoms with Crippen molar-refractivity contribution in [3.05, 3.63) is 77.8 Å². The molecular formula is C23H16ClFN6O. The molecule has 158 valence electrons. The third-order valence-corrected chi connectivity index (χ3v) is 5.18. The molecule has 7 nitrogen and oxygen atoms in total. The minimum absolute atomic E-state index is 0.0657. The van der Waals surface area contributed by atoms with Crippen molar-refractivity contribution in [1.82, 2.24) is 25.1 Å². The number of rotatable bonds is 5. The Hall–Kier alpha value is -4.04. The van der Waals surface area contributed by atoms with E-state index in [9.17, 15) is 4.39 Å². The molecule has 0 amide bonds. The summed E-state index contributed by atoms with van der Waals surface area (Å²) in [5.74, 6) is 1.76. The van der Waals surface area contributed by atoms with Gasteiger partial charge in [0.15, 0.2) is 11.6 Å². The maximum atomic E-state index is 13.9. The number of H-pyrrole nitrogens is 1. The Morgan fingerprint density at radius 1 is 1.03 bits per heavy atom. The van der Waals surface area contributed by atoms with Crippen molar-refractivity contribution in [2.24, 2.45) is 0 Å². The van der Waals surface area contributed by atoms with Gasteiger partial charge >= 0.3 is 0 Å². The van der Waals surface area contributed by atoms with Gasteiger partial charge in [0.05, 0.1) is 23.3 Å². The topological polar surface area (TPSA) is 88.6 Å². The highest BCUT2D eigenvalue weighted by Gasteiger charge is 2.13. The first kappa shape index (κ1) is 19.9. The van der Waals surface area contributed by atoms with Crippen LogP contribution in [0.1, 0.15) is 0 Å². The minimum atomic E-state index is -0.497. The number of aromatic nitrogens is 5. The molecule has 0 saturated carbocycles. The van der Waals surface area contributed by atoms with E-state index in [0.29, 0.717) is 34.5 Å². The van der Waals surface area contributed by atoms with Crippen LogP contribution in [0.5, 0.6) is 5.75 Å². The van der Waals surface area contributed by atoms with Crippen LogP contribution in [0.3, 0.4) is 0 Å². The largest absolute Gasteiger partial charge is 0.497 e. The van der Waals surface area contributed by atoms with Gasteiger partial charge < -0.3 is 10.1 Å². The van der Waals surface area contributed by atoms with E-state index in [2.05, 4.69) is 25.5 Å². The van der Waals surface area contributed by atoms with Crippen LogP contribution in [0.25, 0.3) is 33.5 Å². The van der Waals surface area contributed by atoms with E-state index in [1.54, 1.807) is 31.6 Å². The zero-order valence-corrected chi connectivity index (χ0v) is 17.6. The van der Waals surface area contributed by atoms with E-state index in [1.165, 1.54) is 12.1 Å². The molecule has 0 atom stereocenters. The highest BCUT2D eigenvalue weighted by molar-refractivity contribution is 6.30. The van der Waals surface area contributed by atoms with Gasteiger partial charge in [0.1, 0.15) is 17.4 Å². The SMILES string of the molecule is COc1ccc2nc(-c3cccnc3)nc(Nc3cc(-c4ccc(Cl)c(F)c4)[nH]n3)c2c1. The van der Waals surface area contributed by atoms with E-state index in [1.807, 2.05) is 30.3 Å². The van der Waals surface area contributed by atoms with Crippen molar-refractivity contribution in [1.29, 1.82) is 0 Å². The fourth-order valence-electron chi connectivity index (χ4n) is 3.27. The molecule has 5 rings (SSSR count). The van der Waals surface area contributed by atoms with Crippen molar-refractivity contribution in [3.63, 3.8) is 0 Å². The maximum Gasteiger partial charge on any atom is 0.163 e. The maximum absolute atomic E-state index is 13.9. The van der Waals surface area contributed by atoms with Gasteiger partial charge in [-0.1, -0.05) is 17.7 Å². The van der Waals surface area contributed by atoms with Gasteiger partial charge in [0, 0.05) is 35.0 Å². The molecule has 0 spiro atoms. The molecule has 0 unspecified atom stereocenters. The third kappa shape index (κ3) is 3.83. The van der Waals surface area contributed by atoms with Crippen LogP contribution in [0, 0.1) is 5.82 Å². The van der Waals surface area contributed by atoms with Crippen LogP contribution < -0.4 is 10.1 Å². The molecule has 2 N–H and O–H groups in total. The van der Waals surface area contributed by atoms with Crippen molar-refractivity contribution in [2.45, 2.75) is 0 Å². The Morgan fingerprint density at radius 2 is 1.94 bits per heavy atom. The summed E-state index contributed by atoms with van der Waals surface area (Å²) in [6.45, 7) is 0. The first-order chi connectivity index (χ1) is 15.6. The second-order valence-electron chi connectivity index (χ2n) is 6.94. The number of aromatic amines is 1. The van der Waals surface area contributed by atoms with Gasteiger partial charge in [-0.15, -0.1) is 0 Å². The summed E-state index contributed by atoms with van der Waals surface area (Å²) in [5, 5.41) is 11.3. The van der Waals surface area contributed by atoms with Crippen molar-refractivity contribution < 1.29 is 9.13 Å². The molecule has 0 fully saturated rings. The number of nitrogens with one attached hydrogen (secondary N) is 2. The number of fused-ring (bicyclic) bond motifs is 1. The van der Waals surface area contributed by atoms with Crippen LogP contribution in [-0.4, -0.2) is 32.3 Å². The molecule has 5 aromatic rings. The van der Waals surface area contributed by atoms with Crippen LogP contribution >= 0.6 is 11.6 Å². The van der Waals surface area contributed by atoms with Crippen molar-refractivity contribution in [2.75, 3.05) is 12.4 Å².